The van der Waals surface area contributed by atoms with E-state index in [-0.39, 0.29) is 0 Å². The molecule has 1 aromatic rings. The van der Waals surface area contributed by atoms with Crippen molar-refractivity contribution in [3.05, 3.63) is 28.0 Å². The minimum atomic E-state index is -0.895. The average molecular weight is 297 g/mol. The van der Waals surface area contributed by atoms with E-state index in [0.29, 0.717) is 0 Å². The van der Waals surface area contributed by atoms with Crippen LogP contribution in [0.5, 0.6) is 0 Å². The monoisotopic (exact) mass is 297 g/mol. The van der Waals surface area contributed by atoms with Crippen molar-refractivity contribution in [3.8, 4) is 0 Å². The van der Waals surface area contributed by atoms with E-state index in [4.69, 9.17) is 5.11 Å². The number of aliphatic carboxylic acids is 1. The predicted molar refractivity (Wildman–Crippen MR) is 82.8 cm³/mol. The molecule has 0 spiro atoms. The van der Waals surface area contributed by atoms with E-state index in [1.807, 2.05) is 6.07 Å². The summed E-state index contributed by atoms with van der Waals surface area (Å²) < 4.78 is 0. The summed E-state index contributed by atoms with van der Waals surface area (Å²) in [4.78, 5) is 15.3. The lowest BCUT2D eigenvalue weighted by atomic mass is 10.3. The predicted octanol–water partition coefficient (Wildman–Crippen LogP) is 3.17. The molecule has 0 saturated carbocycles. The van der Waals surface area contributed by atoms with Gasteiger partial charge in [-0.1, -0.05) is 6.92 Å². The fraction of sp³-hybridized carbons (Fsp3) is 0.500. The number of hydrogen-bond acceptors (Lipinski definition) is 4. The van der Waals surface area contributed by atoms with Crippen LogP contribution in [0.3, 0.4) is 0 Å². The maximum Gasteiger partial charge on any atom is 0.328 e. The van der Waals surface area contributed by atoms with Gasteiger partial charge in [0.2, 0.25) is 0 Å². The maximum absolute atomic E-state index is 10.5. The number of carbonyl (C=O) groups is 1. The number of carboxylic acids is 1. The Labute approximate surface area is 122 Å². The molecule has 104 valence electrons. The van der Waals surface area contributed by atoms with Gasteiger partial charge in [0.15, 0.2) is 0 Å². The second-order valence-corrected chi connectivity index (χ2v) is 7.22. The Balaban J connectivity index is 1.90. The summed E-state index contributed by atoms with van der Waals surface area (Å²) in [5.74, 6) is 0.323. The molecule has 0 radical (unpaired) electrons. The molecule has 1 fully saturated rings. The molecule has 2 rings (SSSR count). The van der Waals surface area contributed by atoms with Gasteiger partial charge in [0.05, 0.1) is 0 Å². The van der Waals surface area contributed by atoms with Gasteiger partial charge in [0, 0.05) is 46.5 Å². The van der Waals surface area contributed by atoms with Gasteiger partial charge in [-0.05, 0) is 24.6 Å². The van der Waals surface area contributed by atoms with Crippen LogP contribution < -0.4 is 0 Å². The molecule has 0 bridgehead atoms. The fourth-order valence-electron chi connectivity index (χ4n) is 2.11. The minimum Gasteiger partial charge on any atom is -0.478 e. The van der Waals surface area contributed by atoms with E-state index in [1.165, 1.54) is 29.7 Å². The van der Waals surface area contributed by atoms with Crippen LogP contribution in [-0.2, 0) is 11.3 Å². The van der Waals surface area contributed by atoms with E-state index in [1.54, 1.807) is 17.4 Å². The van der Waals surface area contributed by atoms with E-state index >= 15 is 0 Å². The van der Waals surface area contributed by atoms with Crippen molar-refractivity contribution in [2.75, 3.05) is 18.8 Å². The zero-order valence-corrected chi connectivity index (χ0v) is 12.7. The smallest absolute Gasteiger partial charge is 0.328 e. The van der Waals surface area contributed by atoms with Crippen molar-refractivity contribution in [2.24, 2.45) is 0 Å². The van der Waals surface area contributed by atoms with Crippen molar-refractivity contribution >= 4 is 35.1 Å². The lowest BCUT2D eigenvalue weighted by molar-refractivity contribution is -0.131. The molecule has 5 heteroatoms. The highest BCUT2D eigenvalue weighted by Gasteiger charge is 2.19. The third-order valence-corrected chi connectivity index (χ3v) is 5.54. The first-order valence-electron chi connectivity index (χ1n) is 6.51. The summed E-state index contributed by atoms with van der Waals surface area (Å²) >= 11 is 3.76. The first-order chi connectivity index (χ1) is 9.17. The second-order valence-electron chi connectivity index (χ2n) is 4.61. The van der Waals surface area contributed by atoms with Crippen LogP contribution in [0.1, 0.15) is 23.1 Å². The molecular formula is C14H19NO2S2. The van der Waals surface area contributed by atoms with Crippen molar-refractivity contribution < 1.29 is 9.90 Å². The van der Waals surface area contributed by atoms with E-state index < -0.39 is 5.97 Å². The Morgan fingerprint density at radius 2 is 2.42 bits per heavy atom. The van der Waals surface area contributed by atoms with Gasteiger partial charge in [-0.3, -0.25) is 4.90 Å². The summed E-state index contributed by atoms with van der Waals surface area (Å²) in [6.45, 7) is 5.56. The van der Waals surface area contributed by atoms with Gasteiger partial charge in [-0.15, -0.1) is 11.3 Å². The summed E-state index contributed by atoms with van der Waals surface area (Å²) in [6, 6.07) is 4.10. The van der Waals surface area contributed by atoms with E-state index in [0.717, 1.165) is 23.2 Å². The first kappa shape index (κ1) is 14.6. The summed E-state index contributed by atoms with van der Waals surface area (Å²) in [6.07, 6.45) is 4.09. The van der Waals surface area contributed by atoms with Gasteiger partial charge in [-0.2, -0.15) is 11.8 Å². The second kappa shape index (κ2) is 7.12. The molecule has 0 aliphatic carbocycles. The summed E-state index contributed by atoms with van der Waals surface area (Å²) in [5.41, 5.74) is 0. The third-order valence-electron chi connectivity index (χ3n) is 3.13. The molecule has 1 N–H and O–H groups in total. The lowest BCUT2D eigenvalue weighted by Gasteiger charge is -2.31. The SMILES string of the molecule is CCC1CN(Cc2ccc(/C=C/C(=O)O)s2)CCS1. The third kappa shape index (κ3) is 4.67. The van der Waals surface area contributed by atoms with Gasteiger partial charge in [0.1, 0.15) is 0 Å². The molecule has 1 atom stereocenters. The van der Waals surface area contributed by atoms with Gasteiger partial charge in [0.25, 0.3) is 0 Å². The molecule has 0 amide bonds. The molecular weight excluding hydrogens is 278 g/mol. The number of carboxylic acid groups (broad SMARTS) is 1. The van der Waals surface area contributed by atoms with Gasteiger partial charge >= 0.3 is 5.97 Å². The van der Waals surface area contributed by atoms with Gasteiger partial charge in [-0.25, -0.2) is 4.79 Å². The van der Waals surface area contributed by atoms with Crippen LogP contribution in [0.4, 0.5) is 0 Å². The molecule has 1 aliphatic rings. The van der Waals surface area contributed by atoms with Crippen LogP contribution in [0, 0.1) is 0 Å². The van der Waals surface area contributed by atoms with Crippen LogP contribution in [0.2, 0.25) is 0 Å². The highest BCUT2D eigenvalue weighted by atomic mass is 32.2. The van der Waals surface area contributed by atoms with Crippen LogP contribution >= 0.6 is 23.1 Å². The molecule has 1 aromatic heterocycles. The topological polar surface area (TPSA) is 40.5 Å². The van der Waals surface area contributed by atoms with Crippen molar-refractivity contribution in [3.63, 3.8) is 0 Å². The van der Waals surface area contributed by atoms with E-state index in [2.05, 4.69) is 29.7 Å². The molecule has 0 aromatic carbocycles. The number of rotatable bonds is 5. The van der Waals surface area contributed by atoms with Crippen LogP contribution in [0.15, 0.2) is 18.2 Å². The van der Waals surface area contributed by atoms with Crippen molar-refractivity contribution in [1.29, 1.82) is 0 Å². The number of thioether (sulfide) groups is 1. The highest BCUT2D eigenvalue weighted by molar-refractivity contribution is 8.00. The first-order valence-corrected chi connectivity index (χ1v) is 8.37. The summed E-state index contributed by atoms with van der Waals surface area (Å²) in [5, 5.41) is 9.37. The number of nitrogens with zero attached hydrogens (tertiary/aromatic N) is 1. The Morgan fingerprint density at radius 3 is 3.16 bits per heavy atom. The zero-order chi connectivity index (χ0) is 13.7. The Hall–Kier alpha value is -0.780. The number of hydrogen-bond donors (Lipinski definition) is 1. The standard InChI is InChI=1S/C14H19NO2S2/c1-2-11-9-15(7-8-18-11)10-13-4-3-12(19-13)5-6-14(16)17/h3-6,11H,2,7-10H2,1H3,(H,16,17)/b6-5+. The lowest BCUT2D eigenvalue weighted by Crippen LogP contribution is -2.36. The van der Waals surface area contributed by atoms with Gasteiger partial charge < -0.3 is 5.11 Å². The molecule has 3 nitrogen and oxygen atoms in total. The fourth-order valence-corrected chi connectivity index (χ4v) is 4.32. The van der Waals surface area contributed by atoms with E-state index in [9.17, 15) is 4.79 Å². The number of thiophene rings is 1. The Bertz CT molecular complexity index is 456. The minimum absolute atomic E-state index is 0.764. The summed E-state index contributed by atoms with van der Waals surface area (Å²) in [7, 11) is 0. The molecule has 19 heavy (non-hydrogen) atoms. The quantitative estimate of drug-likeness (QED) is 0.848. The normalized spacial score (nSPS) is 21.0. The Kier molecular flexibility index (Phi) is 5.48. The molecule has 1 aliphatic heterocycles. The van der Waals surface area contributed by atoms with Crippen molar-refractivity contribution in [1.82, 2.24) is 4.90 Å². The van der Waals surface area contributed by atoms with Crippen LogP contribution in [0.25, 0.3) is 6.08 Å². The molecule has 1 unspecified atom stereocenters. The maximum atomic E-state index is 10.5. The van der Waals surface area contributed by atoms with Crippen molar-refractivity contribution in [2.45, 2.75) is 25.1 Å². The zero-order valence-electron chi connectivity index (χ0n) is 11.0. The molecule has 2 heterocycles. The largest absolute Gasteiger partial charge is 0.478 e. The average Bonchev–Trinajstić information content (AvgIpc) is 2.84. The van der Waals surface area contributed by atoms with Crippen LogP contribution in [-0.4, -0.2) is 40.1 Å². The Morgan fingerprint density at radius 1 is 1.58 bits per heavy atom. The molecule has 1 saturated heterocycles. The highest BCUT2D eigenvalue weighted by Crippen LogP contribution is 2.25.